The van der Waals surface area contributed by atoms with Crippen molar-refractivity contribution in [1.29, 1.82) is 0 Å². The first-order valence-electron chi connectivity index (χ1n) is 7.46. The molecule has 0 aliphatic rings. The molecule has 0 aliphatic carbocycles. The molecule has 114 valence electrons. The smallest absolute Gasteiger partial charge is 0.119 e. The van der Waals surface area contributed by atoms with Crippen LogP contribution in [0.5, 0.6) is 5.75 Å². The summed E-state index contributed by atoms with van der Waals surface area (Å²) in [6.07, 6.45) is 3.14. The van der Waals surface area contributed by atoms with Gasteiger partial charge in [0.1, 0.15) is 5.75 Å². The maximum atomic E-state index is 12.0. The lowest BCUT2D eigenvalue weighted by molar-refractivity contribution is 0.317. The van der Waals surface area contributed by atoms with E-state index < -0.39 is 10.8 Å². The molecule has 2 unspecified atom stereocenters. The Bertz CT molecular complexity index is 392. The molecule has 2 atom stereocenters. The molecule has 1 N–H and O–H groups in total. The largest absolute Gasteiger partial charge is 0.494 e. The van der Waals surface area contributed by atoms with Crippen molar-refractivity contribution in [3.8, 4) is 5.75 Å². The molecule has 3 nitrogen and oxygen atoms in total. The Morgan fingerprint density at radius 3 is 2.45 bits per heavy atom. The summed E-state index contributed by atoms with van der Waals surface area (Å²) in [5.74, 6) is 2.37. The van der Waals surface area contributed by atoms with E-state index in [1.54, 1.807) is 0 Å². The standard InChI is InChI=1S/C16H27NO2S/c1-4-6-12-20(18)13-16(17-3)14-7-9-15(10-8-14)19-11-5-2/h7-10,16-17H,4-6,11-13H2,1-3H3. The highest BCUT2D eigenvalue weighted by molar-refractivity contribution is 7.85. The van der Waals surface area contributed by atoms with E-state index in [9.17, 15) is 4.21 Å². The normalized spacial score (nSPS) is 13.9. The van der Waals surface area contributed by atoms with Crippen molar-refractivity contribution >= 4 is 10.8 Å². The molecule has 0 aromatic heterocycles. The van der Waals surface area contributed by atoms with Crippen LogP contribution in [0.25, 0.3) is 0 Å². The fraction of sp³-hybridized carbons (Fsp3) is 0.625. The zero-order valence-corrected chi connectivity index (χ0v) is 13.7. The summed E-state index contributed by atoms with van der Waals surface area (Å²) in [5.41, 5.74) is 1.17. The molecule has 0 amide bonds. The summed E-state index contributed by atoms with van der Waals surface area (Å²) in [4.78, 5) is 0. The molecule has 0 aliphatic heterocycles. The van der Waals surface area contributed by atoms with Gasteiger partial charge in [0.25, 0.3) is 0 Å². The Labute approximate surface area is 125 Å². The van der Waals surface area contributed by atoms with Crippen molar-refractivity contribution in [2.24, 2.45) is 0 Å². The highest BCUT2D eigenvalue weighted by atomic mass is 32.2. The first-order chi connectivity index (χ1) is 9.71. The topological polar surface area (TPSA) is 38.3 Å². The van der Waals surface area contributed by atoms with Gasteiger partial charge in [-0.1, -0.05) is 32.4 Å². The van der Waals surface area contributed by atoms with Gasteiger partial charge in [0.2, 0.25) is 0 Å². The average Bonchev–Trinajstić information content (AvgIpc) is 2.49. The van der Waals surface area contributed by atoms with Crippen LogP contribution in [0.2, 0.25) is 0 Å². The lowest BCUT2D eigenvalue weighted by atomic mass is 10.1. The van der Waals surface area contributed by atoms with Gasteiger partial charge in [-0.05, 0) is 37.6 Å². The number of hydrogen-bond donors (Lipinski definition) is 1. The summed E-state index contributed by atoms with van der Waals surface area (Å²) < 4.78 is 17.6. The lowest BCUT2D eigenvalue weighted by Crippen LogP contribution is -2.23. The van der Waals surface area contributed by atoms with E-state index >= 15 is 0 Å². The predicted octanol–water partition coefficient (Wildman–Crippen LogP) is 3.28. The van der Waals surface area contributed by atoms with Crippen LogP contribution < -0.4 is 10.1 Å². The summed E-state index contributed by atoms with van der Waals surface area (Å²) in [7, 11) is 1.17. The molecule has 0 heterocycles. The van der Waals surface area contributed by atoms with Gasteiger partial charge in [-0.25, -0.2) is 0 Å². The predicted molar refractivity (Wildman–Crippen MR) is 86.8 cm³/mol. The Morgan fingerprint density at radius 2 is 1.90 bits per heavy atom. The SMILES string of the molecule is CCCCS(=O)CC(NC)c1ccc(OCCC)cc1. The number of nitrogens with one attached hydrogen (secondary N) is 1. The van der Waals surface area contributed by atoms with E-state index in [4.69, 9.17) is 4.74 Å². The van der Waals surface area contributed by atoms with Crippen LogP contribution in [0.1, 0.15) is 44.7 Å². The molecular weight excluding hydrogens is 270 g/mol. The first kappa shape index (κ1) is 17.2. The molecule has 20 heavy (non-hydrogen) atoms. The maximum absolute atomic E-state index is 12.0. The lowest BCUT2D eigenvalue weighted by Gasteiger charge is -2.17. The van der Waals surface area contributed by atoms with Crippen molar-refractivity contribution in [3.05, 3.63) is 29.8 Å². The van der Waals surface area contributed by atoms with Crippen molar-refractivity contribution in [2.75, 3.05) is 25.2 Å². The highest BCUT2D eigenvalue weighted by Gasteiger charge is 2.13. The van der Waals surface area contributed by atoms with Gasteiger partial charge in [0.05, 0.1) is 6.61 Å². The number of rotatable bonds is 10. The molecule has 1 rings (SSSR count). The number of hydrogen-bond acceptors (Lipinski definition) is 3. The molecule has 4 heteroatoms. The Balaban J connectivity index is 2.58. The minimum atomic E-state index is -0.754. The van der Waals surface area contributed by atoms with Crippen LogP contribution in [-0.2, 0) is 10.8 Å². The van der Waals surface area contributed by atoms with Crippen molar-refractivity contribution in [1.82, 2.24) is 5.32 Å². The third kappa shape index (κ3) is 6.06. The maximum Gasteiger partial charge on any atom is 0.119 e. The van der Waals surface area contributed by atoms with E-state index in [1.165, 1.54) is 5.56 Å². The van der Waals surface area contributed by atoms with Crippen molar-refractivity contribution in [3.63, 3.8) is 0 Å². The average molecular weight is 297 g/mol. The number of unbranched alkanes of at least 4 members (excludes halogenated alkanes) is 1. The zero-order chi connectivity index (χ0) is 14.8. The Kier molecular flexibility index (Phi) is 8.54. The van der Waals surface area contributed by atoms with Crippen LogP contribution in [0.15, 0.2) is 24.3 Å². The molecule has 0 saturated heterocycles. The third-order valence-corrected chi connectivity index (χ3v) is 4.63. The van der Waals surface area contributed by atoms with Crippen molar-refractivity contribution in [2.45, 2.75) is 39.2 Å². The quantitative estimate of drug-likeness (QED) is 0.720. The molecule has 0 radical (unpaired) electrons. The minimum Gasteiger partial charge on any atom is -0.494 e. The highest BCUT2D eigenvalue weighted by Crippen LogP contribution is 2.19. The molecule has 0 fully saturated rings. The second kappa shape index (κ2) is 9.94. The van der Waals surface area contributed by atoms with Gasteiger partial charge in [-0.2, -0.15) is 0 Å². The van der Waals surface area contributed by atoms with Gasteiger partial charge < -0.3 is 10.1 Å². The molecule has 0 spiro atoms. The Hall–Kier alpha value is -0.870. The van der Waals surface area contributed by atoms with E-state index in [0.29, 0.717) is 5.75 Å². The van der Waals surface area contributed by atoms with E-state index in [-0.39, 0.29) is 6.04 Å². The van der Waals surface area contributed by atoms with Gasteiger partial charge >= 0.3 is 0 Å². The molecule has 1 aromatic rings. The van der Waals surface area contributed by atoms with Gasteiger partial charge in [-0.15, -0.1) is 0 Å². The van der Waals surface area contributed by atoms with E-state index in [2.05, 4.69) is 31.3 Å². The molecular formula is C16H27NO2S. The fourth-order valence-corrected chi connectivity index (χ4v) is 3.45. The van der Waals surface area contributed by atoms with E-state index in [0.717, 1.165) is 37.4 Å². The fourth-order valence-electron chi connectivity index (χ4n) is 1.94. The summed E-state index contributed by atoms with van der Waals surface area (Å²) >= 11 is 0. The second-order valence-electron chi connectivity index (χ2n) is 4.92. The Morgan fingerprint density at radius 1 is 1.20 bits per heavy atom. The van der Waals surface area contributed by atoms with Crippen LogP contribution in [0.3, 0.4) is 0 Å². The first-order valence-corrected chi connectivity index (χ1v) is 8.95. The second-order valence-corrected chi connectivity index (χ2v) is 6.54. The van der Waals surface area contributed by atoms with Crippen LogP contribution in [0.4, 0.5) is 0 Å². The molecule has 1 aromatic carbocycles. The number of benzene rings is 1. The summed E-state index contributed by atoms with van der Waals surface area (Å²) in [6, 6.07) is 8.24. The van der Waals surface area contributed by atoms with Gasteiger partial charge in [-0.3, -0.25) is 4.21 Å². The van der Waals surface area contributed by atoms with Crippen LogP contribution in [0, 0.1) is 0 Å². The van der Waals surface area contributed by atoms with Gasteiger partial charge in [0, 0.05) is 28.3 Å². The number of ether oxygens (including phenoxy) is 1. The summed E-state index contributed by atoms with van der Waals surface area (Å²) in [5, 5.41) is 3.25. The molecule has 0 saturated carbocycles. The van der Waals surface area contributed by atoms with E-state index in [1.807, 2.05) is 19.2 Å². The van der Waals surface area contributed by atoms with Crippen LogP contribution >= 0.6 is 0 Å². The monoisotopic (exact) mass is 297 g/mol. The molecule has 0 bridgehead atoms. The summed E-state index contributed by atoms with van der Waals surface area (Å²) in [6.45, 7) is 4.97. The van der Waals surface area contributed by atoms with Gasteiger partial charge in [0.15, 0.2) is 0 Å². The minimum absolute atomic E-state index is 0.146. The van der Waals surface area contributed by atoms with Crippen LogP contribution in [-0.4, -0.2) is 29.4 Å². The van der Waals surface area contributed by atoms with Crippen molar-refractivity contribution < 1.29 is 8.95 Å². The zero-order valence-electron chi connectivity index (χ0n) is 12.9. The third-order valence-electron chi connectivity index (χ3n) is 3.18.